The smallest absolute Gasteiger partial charge is 0.120 e. The summed E-state index contributed by atoms with van der Waals surface area (Å²) in [6.45, 7) is 2.59. The number of unbranched alkanes of at least 4 members (excludes halogenated alkanes) is 9. The molecule has 0 aliphatic rings. The Bertz CT molecular complexity index is 672. The van der Waals surface area contributed by atoms with E-state index in [1.165, 1.54) is 57.8 Å². The molecule has 160 valence electrons. The van der Waals surface area contributed by atoms with E-state index in [0.29, 0.717) is 11.6 Å². The highest BCUT2D eigenvalue weighted by molar-refractivity contribution is 6.33. The fourth-order valence-corrected chi connectivity index (χ4v) is 3.80. The van der Waals surface area contributed by atoms with Crippen LogP contribution in [0.2, 0.25) is 5.02 Å². The van der Waals surface area contributed by atoms with Gasteiger partial charge < -0.3 is 9.84 Å². The van der Waals surface area contributed by atoms with Gasteiger partial charge in [0.25, 0.3) is 0 Å². The van der Waals surface area contributed by atoms with E-state index in [2.05, 4.69) is 6.92 Å². The lowest BCUT2D eigenvalue weighted by molar-refractivity contribution is 0.0975. The van der Waals surface area contributed by atoms with Crippen LogP contribution in [0.4, 0.5) is 0 Å². The number of aliphatic hydroxyl groups excluding tert-OH is 1. The summed E-state index contributed by atoms with van der Waals surface area (Å²) in [7, 11) is 0. The van der Waals surface area contributed by atoms with Crippen LogP contribution in [-0.4, -0.2) is 17.8 Å². The van der Waals surface area contributed by atoms with E-state index in [1.807, 2.05) is 48.5 Å². The van der Waals surface area contributed by atoms with Crippen molar-refractivity contribution in [2.75, 3.05) is 6.61 Å². The lowest BCUT2D eigenvalue weighted by Crippen LogP contribution is -2.17. The number of benzene rings is 2. The lowest BCUT2D eigenvalue weighted by Gasteiger charge is -2.14. The van der Waals surface area contributed by atoms with E-state index < -0.39 is 6.10 Å². The number of hydrogen-bond acceptors (Lipinski definition) is 2. The van der Waals surface area contributed by atoms with Gasteiger partial charge in [-0.05, 0) is 30.2 Å². The highest BCUT2D eigenvalue weighted by atomic mass is 35.5. The summed E-state index contributed by atoms with van der Waals surface area (Å²) in [5, 5.41) is 10.9. The van der Waals surface area contributed by atoms with Crippen LogP contribution in [0.1, 0.15) is 77.6 Å². The Hall–Kier alpha value is -1.51. The van der Waals surface area contributed by atoms with Crippen molar-refractivity contribution < 1.29 is 9.84 Å². The monoisotopic (exact) mass is 416 g/mol. The highest BCUT2D eigenvalue weighted by Gasteiger charge is 2.08. The number of ether oxygens (including phenoxy) is 1. The van der Waals surface area contributed by atoms with Gasteiger partial charge >= 0.3 is 0 Å². The van der Waals surface area contributed by atoms with E-state index >= 15 is 0 Å². The van der Waals surface area contributed by atoms with E-state index in [9.17, 15) is 5.11 Å². The fourth-order valence-electron chi connectivity index (χ4n) is 3.58. The maximum atomic E-state index is 10.2. The molecule has 0 aromatic heterocycles. The number of rotatable bonds is 15. The van der Waals surface area contributed by atoms with Crippen molar-refractivity contribution in [2.45, 2.75) is 83.7 Å². The third-order valence-electron chi connectivity index (χ3n) is 5.36. The van der Waals surface area contributed by atoms with E-state index in [0.717, 1.165) is 29.7 Å². The summed E-state index contributed by atoms with van der Waals surface area (Å²) < 4.78 is 5.82. The molecule has 3 heteroatoms. The van der Waals surface area contributed by atoms with Crippen molar-refractivity contribution >= 4 is 11.6 Å². The Morgan fingerprint density at radius 1 is 0.828 bits per heavy atom. The zero-order chi connectivity index (χ0) is 20.7. The first-order chi connectivity index (χ1) is 14.2. The van der Waals surface area contributed by atoms with Crippen molar-refractivity contribution in [3.05, 3.63) is 53.6 Å². The van der Waals surface area contributed by atoms with E-state index in [-0.39, 0.29) is 0 Å². The molecular weight excluding hydrogens is 380 g/mol. The zero-order valence-electron chi connectivity index (χ0n) is 17.9. The summed E-state index contributed by atoms with van der Waals surface area (Å²) >= 11 is 6.34. The zero-order valence-corrected chi connectivity index (χ0v) is 18.7. The average Bonchev–Trinajstić information content (AvgIpc) is 2.75. The van der Waals surface area contributed by atoms with Crippen molar-refractivity contribution in [1.82, 2.24) is 0 Å². The Labute approximate surface area is 182 Å². The molecule has 0 saturated heterocycles. The first-order valence-electron chi connectivity index (χ1n) is 11.4. The molecule has 2 nitrogen and oxygen atoms in total. The Balaban J connectivity index is 1.60. The Morgan fingerprint density at radius 3 is 2.10 bits per heavy atom. The summed E-state index contributed by atoms with van der Waals surface area (Å²) in [5.41, 5.74) is 2.02. The predicted molar refractivity (Wildman–Crippen MR) is 125 cm³/mol. The molecule has 0 aliphatic heterocycles. The number of halogens is 1. The van der Waals surface area contributed by atoms with Gasteiger partial charge in [0, 0.05) is 10.6 Å². The van der Waals surface area contributed by atoms with Gasteiger partial charge in [-0.25, -0.2) is 0 Å². The van der Waals surface area contributed by atoms with Gasteiger partial charge in [0.05, 0.1) is 6.10 Å². The minimum atomic E-state index is -0.417. The molecule has 0 fully saturated rings. The van der Waals surface area contributed by atoms with Gasteiger partial charge in [0.1, 0.15) is 12.4 Å². The molecular formula is C26H37ClO2. The maximum Gasteiger partial charge on any atom is 0.120 e. The van der Waals surface area contributed by atoms with Crippen LogP contribution < -0.4 is 4.74 Å². The minimum absolute atomic E-state index is 0.327. The molecule has 0 amide bonds. The molecule has 1 atom stereocenters. The van der Waals surface area contributed by atoms with Gasteiger partial charge in [0.15, 0.2) is 0 Å². The Kier molecular flexibility index (Phi) is 11.9. The summed E-state index contributed by atoms with van der Waals surface area (Å²) in [6, 6.07) is 15.7. The molecule has 29 heavy (non-hydrogen) atoms. The molecule has 0 radical (unpaired) electrons. The average molecular weight is 417 g/mol. The third-order valence-corrected chi connectivity index (χ3v) is 5.69. The topological polar surface area (TPSA) is 29.5 Å². The predicted octanol–water partition coefficient (Wildman–Crippen LogP) is 8.06. The second kappa shape index (κ2) is 14.5. The quantitative estimate of drug-likeness (QED) is 0.297. The van der Waals surface area contributed by atoms with Crippen molar-refractivity contribution in [1.29, 1.82) is 0 Å². The van der Waals surface area contributed by atoms with Crippen molar-refractivity contribution in [3.8, 4) is 16.9 Å². The molecule has 0 bridgehead atoms. The molecule has 0 saturated carbocycles. The van der Waals surface area contributed by atoms with Gasteiger partial charge in [0.2, 0.25) is 0 Å². The molecule has 2 rings (SSSR count). The van der Waals surface area contributed by atoms with Crippen LogP contribution in [0, 0.1) is 0 Å². The maximum absolute atomic E-state index is 10.2. The largest absolute Gasteiger partial charge is 0.491 e. The van der Waals surface area contributed by atoms with Crippen LogP contribution in [0.15, 0.2) is 48.5 Å². The van der Waals surface area contributed by atoms with Crippen LogP contribution in [0.3, 0.4) is 0 Å². The van der Waals surface area contributed by atoms with Crippen LogP contribution in [0.5, 0.6) is 5.75 Å². The van der Waals surface area contributed by atoms with Crippen LogP contribution in [0.25, 0.3) is 11.1 Å². The number of hydrogen-bond donors (Lipinski definition) is 1. The first kappa shape index (κ1) is 23.8. The van der Waals surface area contributed by atoms with Crippen LogP contribution >= 0.6 is 11.6 Å². The van der Waals surface area contributed by atoms with Crippen molar-refractivity contribution in [3.63, 3.8) is 0 Å². The van der Waals surface area contributed by atoms with Gasteiger partial charge in [-0.1, -0.05) is 113 Å². The molecule has 0 spiro atoms. The molecule has 2 aromatic carbocycles. The first-order valence-corrected chi connectivity index (χ1v) is 11.7. The standard InChI is InChI=1S/C26H37ClO2/c1-2-3-4-5-6-7-8-9-10-14-17-23(28)21-29-24-18-19-26(27)25(20-24)22-15-12-11-13-16-22/h11-13,15-16,18-20,23,28H,2-10,14,17,21H2,1H3. The second-order valence-electron chi connectivity index (χ2n) is 7.94. The second-order valence-corrected chi connectivity index (χ2v) is 8.35. The minimum Gasteiger partial charge on any atom is -0.491 e. The van der Waals surface area contributed by atoms with Gasteiger partial charge in [-0.15, -0.1) is 0 Å². The molecule has 0 heterocycles. The molecule has 1 unspecified atom stereocenters. The van der Waals surface area contributed by atoms with E-state index in [1.54, 1.807) is 0 Å². The Morgan fingerprint density at radius 2 is 1.45 bits per heavy atom. The summed E-state index contributed by atoms with van der Waals surface area (Å²) in [5.74, 6) is 0.746. The van der Waals surface area contributed by atoms with E-state index in [4.69, 9.17) is 16.3 Å². The van der Waals surface area contributed by atoms with Gasteiger partial charge in [-0.2, -0.15) is 0 Å². The summed E-state index contributed by atoms with van der Waals surface area (Å²) in [4.78, 5) is 0. The third kappa shape index (κ3) is 9.69. The SMILES string of the molecule is CCCCCCCCCCCCC(O)COc1ccc(Cl)c(-c2ccccc2)c1. The number of aliphatic hydroxyl groups is 1. The normalized spacial score (nSPS) is 12.1. The van der Waals surface area contributed by atoms with Gasteiger partial charge in [-0.3, -0.25) is 0 Å². The van der Waals surface area contributed by atoms with Crippen molar-refractivity contribution in [2.24, 2.45) is 0 Å². The molecule has 2 aromatic rings. The fraction of sp³-hybridized carbons (Fsp3) is 0.538. The summed E-state index contributed by atoms with van der Waals surface area (Å²) in [6.07, 6.45) is 13.5. The molecule has 1 N–H and O–H groups in total. The van der Waals surface area contributed by atoms with Crippen LogP contribution in [-0.2, 0) is 0 Å². The lowest BCUT2D eigenvalue weighted by atomic mass is 10.0. The molecule has 0 aliphatic carbocycles. The highest BCUT2D eigenvalue weighted by Crippen LogP contribution is 2.31.